The van der Waals surface area contributed by atoms with Gasteiger partial charge in [-0.15, -0.1) is 0 Å². The summed E-state index contributed by atoms with van der Waals surface area (Å²) in [6, 6.07) is 14.1. The SMILES string of the molecule is COCCNC(=O)c1cccc(NC(=S)NC(=O)c2ccccc2I)c1. The van der Waals surface area contributed by atoms with E-state index in [0.29, 0.717) is 30.0 Å². The first-order chi connectivity index (χ1) is 12.5. The summed E-state index contributed by atoms with van der Waals surface area (Å²) in [5.41, 5.74) is 1.64. The Labute approximate surface area is 170 Å². The lowest BCUT2D eigenvalue weighted by Gasteiger charge is -2.11. The van der Waals surface area contributed by atoms with Gasteiger partial charge in [0.25, 0.3) is 11.8 Å². The van der Waals surface area contributed by atoms with Gasteiger partial charge in [-0.25, -0.2) is 0 Å². The molecule has 0 aliphatic carbocycles. The average Bonchev–Trinajstić information content (AvgIpc) is 2.62. The third-order valence-electron chi connectivity index (χ3n) is 3.32. The minimum Gasteiger partial charge on any atom is -0.383 e. The number of benzene rings is 2. The number of carbonyl (C=O) groups excluding carboxylic acids is 2. The summed E-state index contributed by atoms with van der Waals surface area (Å²) in [7, 11) is 1.57. The van der Waals surface area contributed by atoms with Crippen LogP contribution in [0, 0.1) is 3.57 Å². The lowest BCUT2D eigenvalue weighted by atomic mass is 10.2. The standard InChI is InChI=1S/C18H18IN3O3S/c1-25-10-9-20-16(23)12-5-4-6-13(11-12)21-18(26)22-17(24)14-7-2-3-8-15(14)19/h2-8,11H,9-10H2,1H3,(H,20,23)(H2,21,22,24,26). The van der Waals surface area contributed by atoms with Gasteiger partial charge in [0.2, 0.25) is 0 Å². The summed E-state index contributed by atoms with van der Waals surface area (Å²) in [6.07, 6.45) is 0. The van der Waals surface area contributed by atoms with Gasteiger partial charge in [-0.2, -0.15) is 0 Å². The Balaban J connectivity index is 1.96. The van der Waals surface area contributed by atoms with Crippen molar-refractivity contribution in [3.63, 3.8) is 0 Å². The van der Waals surface area contributed by atoms with Crippen LogP contribution in [-0.4, -0.2) is 37.2 Å². The number of carbonyl (C=O) groups is 2. The quantitative estimate of drug-likeness (QED) is 0.335. The molecule has 0 aliphatic rings. The fourth-order valence-electron chi connectivity index (χ4n) is 2.09. The highest BCUT2D eigenvalue weighted by atomic mass is 127. The molecule has 3 N–H and O–H groups in total. The van der Waals surface area contributed by atoms with E-state index in [1.54, 1.807) is 43.5 Å². The van der Waals surface area contributed by atoms with Crippen LogP contribution < -0.4 is 16.0 Å². The molecule has 0 aromatic heterocycles. The molecule has 0 atom stereocenters. The molecular formula is C18H18IN3O3S. The van der Waals surface area contributed by atoms with Crippen molar-refractivity contribution in [2.45, 2.75) is 0 Å². The monoisotopic (exact) mass is 483 g/mol. The van der Waals surface area contributed by atoms with Gasteiger partial charge in [-0.3, -0.25) is 14.9 Å². The second kappa shape index (κ2) is 10.2. The number of amides is 2. The lowest BCUT2D eigenvalue weighted by molar-refractivity contribution is 0.0935. The molecule has 136 valence electrons. The van der Waals surface area contributed by atoms with Crippen molar-refractivity contribution in [2.75, 3.05) is 25.6 Å². The molecule has 0 saturated carbocycles. The summed E-state index contributed by atoms with van der Waals surface area (Å²) < 4.78 is 5.73. The molecule has 2 amide bonds. The zero-order valence-electron chi connectivity index (χ0n) is 14.0. The molecule has 0 heterocycles. The molecule has 0 radical (unpaired) electrons. The Bertz CT molecular complexity index is 814. The van der Waals surface area contributed by atoms with Crippen LogP contribution in [0.5, 0.6) is 0 Å². The number of rotatable bonds is 6. The van der Waals surface area contributed by atoms with Crippen LogP contribution in [0.15, 0.2) is 48.5 Å². The van der Waals surface area contributed by atoms with Crippen LogP contribution in [-0.2, 0) is 4.74 Å². The molecule has 2 aromatic carbocycles. The van der Waals surface area contributed by atoms with Gasteiger partial charge in [-0.1, -0.05) is 18.2 Å². The second-order valence-corrected chi connectivity index (χ2v) is 6.79. The summed E-state index contributed by atoms with van der Waals surface area (Å²) in [4.78, 5) is 24.3. The number of nitrogens with one attached hydrogen (secondary N) is 3. The second-order valence-electron chi connectivity index (χ2n) is 5.22. The summed E-state index contributed by atoms with van der Waals surface area (Å²) >= 11 is 7.28. The van der Waals surface area contributed by atoms with E-state index >= 15 is 0 Å². The predicted octanol–water partition coefficient (Wildman–Crippen LogP) is 2.79. The minimum atomic E-state index is -0.291. The maximum Gasteiger partial charge on any atom is 0.258 e. The molecule has 2 rings (SSSR count). The fourth-order valence-corrected chi connectivity index (χ4v) is 2.93. The van der Waals surface area contributed by atoms with Crippen molar-refractivity contribution in [3.8, 4) is 0 Å². The van der Waals surface area contributed by atoms with Crippen LogP contribution in [0.3, 0.4) is 0 Å². The van der Waals surface area contributed by atoms with Gasteiger partial charge in [0.15, 0.2) is 5.11 Å². The minimum absolute atomic E-state index is 0.159. The summed E-state index contributed by atoms with van der Waals surface area (Å²) in [5, 5.41) is 8.46. The van der Waals surface area contributed by atoms with E-state index in [9.17, 15) is 9.59 Å². The van der Waals surface area contributed by atoms with E-state index < -0.39 is 0 Å². The first-order valence-corrected chi connectivity index (χ1v) is 9.24. The smallest absolute Gasteiger partial charge is 0.258 e. The van der Waals surface area contributed by atoms with Crippen LogP contribution in [0.4, 0.5) is 5.69 Å². The first kappa shape index (κ1) is 20.3. The highest BCUT2D eigenvalue weighted by Gasteiger charge is 2.11. The van der Waals surface area contributed by atoms with Crippen LogP contribution in [0.1, 0.15) is 20.7 Å². The number of hydrogen-bond acceptors (Lipinski definition) is 4. The molecule has 0 spiro atoms. The van der Waals surface area contributed by atoms with Crippen molar-refractivity contribution in [1.82, 2.24) is 10.6 Å². The van der Waals surface area contributed by atoms with Crippen molar-refractivity contribution in [2.24, 2.45) is 0 Å². The van der Waals surface area contributed by atoms with Gasteiger partial charge in [-0.05, 0) is 65.1 Å². The number of methoxy groups -OCH3 is 1. The van der Waals surface area contributed by atoms with Crippen LogP contribution in [0.2, 0.25) is 0 Å². The summed E-state index contributed by atoms with van der Waals surface area (Å²) in [6.45, 7) is 0.870. The van der Waals surface area contributed by atoms with E-state index in [1.807, 2.05) is 12.1 Å². The largest absolute Gasteiger partial charge is 0.383 e. The maximum atomic E-state index is 12.3. The molecule has 26 heavy (non-hydrogen) atoms. The van der Waals surface area contributed by atoms with Crippen molar-refractivity contribution in [1.29, 1.82) is 0 Å². The van der Waals surface area contributed by atoms with E-state index in [1.165, 1.54) is 0 Å². The molecule has 0 aliphatic heterocycles. The highest BCUT2D eigenvalue weighted by Crippen LogP contribution is 2.12. The van der Waals surface area contributed by atoms with Crippen LogP contribution in [0.25, 0.3) is 0 Å². The molecule has 0 unspecified atom stereocenters. The maximum absolute atomic E-state index is 12.3. The van der Waals surface area contributed by atoms with Crippen molar-refractivity contribution in [3.05, 3.63) is 63.2 Å². The molecule has 2 aromatic rings. The van der Waals surface area contributed by atoms with Gasteiger partial charge >= 0.3 is 0 Å². The lowest BCUT2D eigenvalue weighted by Crippen LogP contribution is -2.34. The van der Waals surface area contributed by atoms with E-state index in [-0.39, 0.29) is 16.9 Å². The number of halogens is 1. The van der Waals surface area contributed by atoms with E-state index in [4.69, 9.17) is 17.0 Å². The zero-order chi connectivity index (χ0) is 18.9. The zero-order valence-corrected chi connectivity index (χ0v) is 17.0. The third-order valence-corrected chi connectivity index (χ3v) is 4.46. The molecule has 0 bridgehead atoms. The Morgan fingerprint density at radius 3 is 2.62 bits per heavy atom. The number of thiocarbonyl (C=S) groups is 1. The average molecular weight is 483 g/mol. The molecular weight excluding hydrogens is 465 g/mol. The molecule has 8 heteroatoms. The third kappa shape index (κ3) is 6.04. The molecule has 6 nitrogen and oxygen atoms in total. The molecule has 0 fully saturated rings. The van der Waals surface area contributed by atoms with Crippen LogP contribution >= 0.6 is 34.8 Å². The Hall–Kier alpha value is -2.04. The first-order valence-electron chi connectivity index (χ1n) is 7.75. The number of hydrogen-bond donors (Lipinski definition) is 3. The van der Waals surface area contributed by atoms with Gasteiger partial charge in [0.1, 0.15) is 0 Å². The molecule has 0 saturated heterocycles. The predicted molar refractivity (Wildman–Crippen MR) is 113 cm³/mol. The normalized spacial score (nSPS) is 10.1. The van der Waals surface area contributed by atoms with Gasteiger partial charge in [0.05, 0.1) is 12.2 Å². The summed E-state index contributed by atoms with van der Waals surface area (Å²) in [5.74, 6) is -0.500. The van der Waals surface area contributed by atoms with Crippen molar-refractivity contribution >= 4 is 57.4 Å². The van der Waals surface area contributed by atoms with Crippen molar-refractivity contribution < 1.29 is 14.3 Å². The Morgan fingerprint density at radius 1 is 1.12 bits per heavy atom. The number of anilines is 1. The van der Waals surface area contributed by atoms with Gasteiger partial charge < -0.3 is 15.4 Å². The number of ether oxygens (including phenoxy) is 1. The highest BCUT2D eigenvalue weighted by molar-refractivity contribution is 14.1. The van der Waals surface area contributed by atoms with E-state index in [0.717, 1.165) is 3.57 Å². The Kier molecular flexibility index (Phi) is 7.95. The Morgan fingerprint density at radius 2 is 1.88 bits per heavy atom. The van der Waals surface area contributed by atoms with Gasteiger partial charge in [0, 0.05) is 28.5 Å². The fraction of sp³-hybridized carbons (Fsp3) is 0.167. The van der Waals surface area contributed by atoms with E-state index in [2.05, 4.69) is 38.5 Å². The topological polar surface area (TPSA) is 79.5 Å².